The molecule has 4 nitrogen and oxygen atoms in total. The second-order valence-corrected chi connectivity index (χ2v) is 3.89. The average molecular weight is 221 g/mol. The van der Waals surface area contributed by atoms with Crippen molar-refractivity contribution in [1.29, 1.82) is 0 Å². The van der Waals surface area contributed by atoms with E-state index >= 15 is 0 Å². The van der Waals surface area contributed by atoms with Crippen LogP contribution in [0.3, 0.4) is 0 Å². The maximum atomic E-state index is 11.7. The van der Waals surface area contributed by atoms with E-state index in [1.807, 2.05) is 30.3 Å². The standard InChI is InChI=1S/C12H15NO3/c1-9(14)12(15)13-11(7-8-16-13)10-5-3-2-4-6-10/h2-6,9,11,14H,7-8H2,1H3/t9-,11+/m1/s1. The van der Waals surface area contributed by atoms with E-state index in [1.165, 1.54) is 12.0 Å². The Labute approximate surface area is 94.4 Å². The molecule has 0 unspecified atom stereocenters. The molecule has 4 heteroatoms. The Morgan fingerprint density at radius 1 is 1.50 bits per heavy atom. The van der Waals surface area contributed by atoms with Crippen LogP contribution in [0.5, 0.6) is 0 Å². The first kappa shape index (κ1) is 11.1. The Bertz CT molecular complexity index is 364. The summed E-state index contributed by atoms with van der Waals surface area (Å²) in [4.78, 5) is 16.9. The van der Waals surface area contributed by atoms with Crippen LogP contribution < -0.4 is 0 Å². The van der Waals surface area contributed by atoms with Crippen molar-refractivity contribution in [2.75, 3.05) is 6.61 Å². The summed E-state index contributed by atoms with van der Waals surface area (Å²) in [7, 11) is 0. The van der Waals surface area contributed by atoms with Gasteiger partial charge in [0.1, 0.15) is 6.10 Å². The Kier molecular flexibility index (Phi) is 3.22. The van der Waals surface area contributed by atoms with Gasteiger partial charge in [-0.05, 0) is 12.5 Å². The Morgan fingerprint density at radius 3 is 2.81 bits per heavy atom. The molecule has 0 bridgehead atoms. The number of hydrogen-bond donors (Lipinski definition) is 1. The van der Waals surface area contributed by atoms with Crippen molar-refractivity contribution in [1.82, 2.24) is 5.06 Å². The monoisotopic (exact) mass is 221 g/mol. The molecule has 1 aliphatic heterocycles. The van der Waals surface area contributed by atoms with Crippen LogP contribution in [0.4, 0.5) is 0 Å². The highest BCUT2D eigenvalue weighted by molar-refractivity contribution is 5.79. The van der Waals surface area contributed by atoms with Crippen LogP contribution in [0.1, 0.15) is 24.9 Å². The van der Waals surface area contributed by atoms with E-state index in [0.717, 1.165) is 12.0 Å². The molecule has 1 N–H and O–H groups in total. The minimum Gasteiger partial charge on any atom is -0.383 e. The van der Waals surface area contributed by atoms with Gasteiger partial charge in [0.05, 0.1) is 12.6 Å². The van der Waals surface area contributed by atoms with Gasteiger partial charge in [0.25, 0.3) is 5.91 Å². The van der Waals surface area contributed by atoms with Crippen molar-refractivity contribution < 1.29 is 14.7 Å². The molecular formula is C12H15NO3. The summed E-state index contributed by atoms with van der Waals surface area (Å²) in [6, 6.07) is 9.63. The summed E-state index contributed by atoms with van der Waals surface area (Å²) >= 11 is 0. The molecule has 1 aliphatic rings. The summed E-state index contributed by atoms with van der Waals surface area (Å²) < 4.78 is 0. The van der Waals surface area contributed by atoms with Gasteiger partial charge in [0, 0.05) is 6.42 Å². The van der Waals surface area contributed by atoms with Crippen molar-refractivity contribution in [3.05, 3.63) is 35.9 Å². The fourth-order valence-electron chi connectivity index (χ4n) is 1.85. The molecule has 16 heavy (non-hydrogen) atoms. The molecule has 86 valence electrons. The highest BCUT2D eigenvalue weighted by atomic mass is 16.7. The lowest BCUT2D eigenvalue weighted by Crippen LogP contribution is -2.36. The molecule has 1 fully saturated rings. The molecule has 0 radical (unpaired) electrons. The third-order valence-corrected chi connectivity index (χ3v) is 2.66. The number of carbonyl (C=O) groups excluding carboxylic acids is 1. The third-order valence-electron chi connectivity index (χ3n) is 2.66. The number of aliphatic hydroxyl groups is 1. The minimum atomic E-state index is -1.02. The number of hydroxylamine groups is 2. The molecule has 1 amide bonds. The zero-order valence-electron chi connectivity index (χ0n) is 9.17. The molecule has 1 aromatic rings. The third kappa shape index (κ3) is 2.08. The van der Waals surface area contributed by atoms with Gasteiger partial charge in [-0.25, -0.2) is 5.06 Å². The van der Waals surface area contributed by atoms with E-state index in [4.69, 9.17) is 4.84 Å². The van der Waals surface area contributed by atoms with Crippen LogP contribution in [-0.2, 0) is 9.63 Å². The summed E-state index contributed by atoms with van der Waals surface area (Å²) in [6.45, 7) is 1.96. The fraction of sp³-hybridized carbons (Fsp3) is 0.417. The van der Waals surface area contributed by atoms with Crippen molar-refractivity contribution in [3.8, 4) is 0 Å². The first-order valence-electron chi connectivity index (χ1n) is 5.39. The average Bonchev–Trinajstić information content (AvgIpc) is 2.77. The van der Waals surface area contributed by atoms with Gasteiger partial charge in [-0.15, -0.1) is 0 Å². The Hall–Kier alpha value is -1.39. The van der Waals surface area contributed by atoms with Crippen molar-refractivity contribution in [3.63, 3.8) is 0 Å². The summed E-state index contributed by atoms with van der Waals surface area (Å²) in [5.41, 5.74) is 1.04. The highest BCUT2D eigenvalue weighted by Crippen LogP contribution is 2.30. The van der Waals surface area contributed by atoms with E-state index < -0.39 is 6.10 Å². The van der Waals surface area contributed by atoms with Gasteiger partial charge in [0.15, 0.2) is 0 Å². The van der Waals surface area contributed by atoms with Crippen LogP contribution >= 0.6 is 0 Å². The van der Waals surface area contributed by atoms with Crippen molar-refractivity contribution in [2.24, 2.45) is 0 Å². The maximum Gasteiger partial charge on any atom is 0.275 e. The van der Waals surface area contributed by atoms with Gasteiger partial charge in [0.2, 0.25) is 0 Å². The van der Waals surface area contributed by atoms with Gasteiger partial charge in [-0.1, -0.05) is 30.3 Å². The number of nitrogens with zero attached hydrogens (tertiary/aromatic N) is 1. The molecule has 1 aromatic carbocycles. The van der Waals surface area contributed by atoms with Crippen LogP contribution in [0.15, 0.2) is 30.3 Å². The van der Waals surface area contributed by atoms with Crippen LogP contribution in [0.2, 0.25) is 0 Å². The van der Waals surface area contributed by atoms with E-state index in [-0.39, 0.29) is 11.9 Å². The van der Waals surface area contributed by atoms with Gasteiger partial charge >= 0.3 is 0 Å². The Balaban J connectivity index is 2.19. The normalized spacial score (nSPS) is 22.1. The van der Waals surface area contributed by atoms with Crippen molar-refractivity contribution >= 4 is 5.91 Å². The second-order valence-electron chi connectivity index (χ2n) is 3.89. The molecule has 1 saturated heterocycles. The molecular weight excluding hydrogens is 206 g/mol. The van der Waals surface area contributed by atoms with Crippen LogP contribution in [-0.4, -0.2) is 28.8 Å². The smallest absolute Gasteiger partial charge is 0.275 e. The fourth-order valence-corrected chi connectivity index (χ4v) is 1.85. The molecule has 0 aromatic heterocycles. The Morgan fingerprint density at radius 2 is 2.19 bits per heavy atom. The van der Waals surface area contributed by atoms with Gasteiger partial charge in [-0.3, -0.25) is 9.63 Å². The number of amides is 1. The number of aliphatic hydroxyl groups excluding tert-OH is 1. The predicted molar refractivity (Wildman–Crippen MR) is 58.3 cm³/mol. The lowest BCUT2D eigenvalue weighted by Gasteiger charge is -2.23. The molecule has 2 rings (SSSR count). The molecule has 2 atom stereocenters. The molecule has 0 spiro atoms. The van der Waals surface area contributed by atoms with Crippen molar-refractivity contribution in [2.45, 2.75) is 25.5 Å². The summed E-state index contributed by atoms with van der Waals surface area (Å²) in [6.07, 6.45) is -0.257. The summed E-state index contributed by atoms with van der Waals surface area (Å²) in [5.74, 6) is -0.383. The first-order chi connectivity index (χ1) is 7.70. The van der Waals surface area contributed by atoms with E-state index in [2.05, 4.69) is 0 Å². The predicted octanol–water partition coefficient (Wildman–Crippen LogP) is 1.27. The summed E-state index contributed by atoms with van der Waals surface area (Å²) in [5, 5.41) is 10.6. The zero-order chi connectivity index (χ0) is 11.5. The number of rotatable bonds is 2. The molecule has 0 saturated carbocycles. The SMILES string of the molecule is C[C@@H](O)C(=O)N1OCC[C@H]1c1ccccc1. The number of benzene rings is 1. The minimum absolute atomic E-state index is 0.0803. The van der Waals surface area contributed by atoms with E-state index in [9.17, 15) is 9.90 Å². The van der Waals surface area contributed by atoms with E-state index in [0.29, 0.717) is 6.61 Å². The lowest BCUT2D eigenvalue weighted by atomic mass is 10.0. The quantitative estimate of drug-likeness (QED) is 0.818. The highest BCUT2D eigenvalue weighted by Gasteiger charge is 2.33. The largest absolute Gasteiger partial charge is 0.383 e. The van der Waals surface area contributed by atoms with Crippen LogP contribution in [0.25, 0.3) is 0 Å². The number of hydrogen-bond acceptors (Lipinski definition) is 3. The maximum absolute atomic E-state index is 11.7. The van der Waals surface area contributed by atoms with Gasteiger partial charge in [-0.2, -0.15) is 0 Å². The molecule has 1 heterocycles. The zero-order valence-corrected chi connectivity index (χ0v) is 9.17. The van der Waals surface area contributed by atoms with Crippen LogP contribution in [0, 0.1) is 0 Å². The van der Waals surface area contributed by atoms with E-state index in [1.54, 1.807) is 0 Å². The van der Waals surface area contributed by atoms with Gasteiger partial charge < -0.3 is 5.11 Å². The second kappa shape index (κ2) is 4.63. The topological polar surface area (TPSA) is 49.8 Å². The first-order valence-corrected chi connectivity index (χ1v) is 5.39. The lowest BCUT2D eigenvalue weighted by molar-refractivity contribution is -0.185. The number of carbonyl (C=O) groups is 1. The molecule has 0 aliphatic carbocycles.